The van der Waals surface area contributed by atoms with Gasteiger partial charge in [0.25, 0.3) is 0 Å². The summed E-state index contributed by atoms with van der Waals surface area (Å²) in [5.41, 5.74) is 13.7. The van der Waals surface area contributed by atoms with Gasteiger partial charge in [-0.15, -0.1) is 0 Å². The molecule has 0 spiro atoms. The first kappa shape index (κ1) is 12.8. The third-order valence-corrected chi connectivity index (χ3v) is 1.03. The summed E-state index contributed by atoms with van der Waals surface area (Å²) < 4.78 is 0. The fourth-order valence-corrected chi connectivity index (χ4v) is 0.702. The molecule has 0 aromatic carbocycles. The van der Waals surface area contributed by atoms with Crippen LogP contribution in [0.3, 0.4) is 0 Å². The molecule has 0 unspecified atom stereocenters. The molecule has 0 radical (unpaired) electrons. The highest BCUT2D eigenvalue weighted by atomic mass is 32.1. The van der Waals surface area contributed by atoms with Gasteiger partial charge in [0.05, 0.1) is 9.98 Å². The minimum absolute atomic E-state index is 0.416. The zero-order chi connectivity index (χ0) is 11.1. The maximum atomic E-state index is 10.7. The van der Waals surface area contributed by atoms with Crippen molar-refractivity contribution >= 4 is 40.4 Å². The molecule has 0 saturated heterocycles. The number of hydrazine groups is 3. The van der Waals surface area contributed by atoms with Crippen molar-refractivity contribution in [1.29, 1.82) is 5.53 Å². The van der Waals surface area contributed by atoms with Crippen molar-refractivity contribution in [2.24, 2.45) is 5.11 Å². The standard InChI is InChI=1S/C5H10N6OS2/c1-3(13)8-11(9-4(2)14)10-5(12)7-6/h6H,1-2H3,(H,8,13)(H,9,14)(H,10,12). The van der Waals surface area contributed by atoms with Gasteiger partial charge in [-0.1, -0.05) is 29.5 Å². The molecule has 0 fully saturated rings. The molecule has 7 nitrogen and oxygen atoms in total. The highest BCUT2D eigenvalue weighted by Crippen LogP contribution is 1.78. The Morgan fingerprint density at radius 3 is 1.93 bits per heavy atom. The van der Waals surface area contributed by atoms with Gasteiger partial charge in [-0.25, -0.2) is 10.2 Å². The number of nitrogens with zero attached hydrogens (tertiary/aromatic N) is 2. The summed E-state index contributed by atoms with van der Waals surface area (Å²) in [6.07, 6.45) is 0. The Morgan fingerprint density at radius 2 is 1.64 bits per heavy atom. The lowest BCUT2D eigenvalue weighted by Crippen LogP contribution is -2.59. The second kappa shape index (κ2) is 6.29. The van der Waals surface area contributed by atoms with Gasteiger partial charge in [0.1, 0.15) is 0 Å². The molecule has 0 aliphatic heterocycles. The fourth-order valence-electron chi connectivity index (χ4n) is 0.519. The lowest BCUT2D eigenvalue weighted by atomic mass is 10.8. The van der Waals surface area contributed by atoms with E-state index in [9.17, 15) is 4.79 Å². The molecule has 0 aliphatic carbocycles. The van der Waals surface area contributed by atoms with Crippen molar-refractivity contribution in [2.45, 2.75) is 13.8 Å². The van der Waals surface area contributed by atoms with Crippen LogP contribution in [-0.2, 0) is 0 Å². The van der Waals surface area contributed by atoms with Crippen molar-refractivity contribution < 1.29 is 4.79 Å². The van der Waals surface area contributed by atoms with Gasteiger partial charge in [0, 0.05) is 0 Å². The molecule has 14 heavy (non-hydrogen) atoms. The number of carbonyl (C=O) groups is 1. The number of carbonyl (C=O) groups excluding carboxylic acids is 1. The monoisotopic (exact) mass is 234 g/mol. The average molecular weight is 234 g/mol. The molecule has 2 amide bonds. The Bertz CT molecular complexity index is 251. The molecule has 78 valence electrons. The number of hydrogen-bond donors (Lipinski definition) is 4. The summed E-state index contributed by atoms with van der Waals surface area (Å²) in [6, 6.07) is -0.850. The van der Waals surface area contributed by atoms with Crippen LogP contribution in [0.25, 0.3) is 0 Å². The van der Waals surface area contributed by atoms with Crippen molar-refractivity contribution in [1.82, 2.24) is 21.5 Å². The first-order valence-electron chi connectivity index (χ1n) is 3.48. The summed E-state index contributed by atoms with van der Waals surface area (Å²) in [7, 11) is 0. The molecule has 0 saturated carbocycles. The number of rotatable bonds is 3. The van der Waals surface area contributed by atoms with E-state index >= 15 is 0 Å². The lowest BCUT2D eigenvalue weighted by Gasteiger charge is -2.22. The second-order valence-electron chi connectivity index (χ2n) is 2.20. The third-order valence-electron chi connectivity index (χ3n) is 0.847. The summed E-state index contributed by atoms with van der Waals surface area (Å²) in [5, 5.41) is 3.67. The van der Waals surface area contributed by atoms with Gasteiger partial charge in [0.15, 0.2) is 0 Å². The predicted molar refractivity (Wildman–Crippen MR) is 58.3 cm³/mol. The molecular weight excluding hydrogens is 224 g/mol. The van der Waals surface area contributed by atoms with Crippen molar-refractivity contribution in [3.8, 4) is 0 Å². The molecule has 0 aromatic heterocycles. The van der Waals surface area contributed by atoms with E-state index in [1.165, 1.54) is 0 Å². The van der Waals surface area contributed by atoms with E-state index in [1.807, 2.05) is 0 Å². The topological polar surface area (TPSA) is 92.6 Å². The number of thiocarbonyl (C=S) groups is 2. The van der Waals surface area contributed by atoms with Crippen LogP contribution >= 0.6 is 24.4 Å². The molecule has 0 rings (SSSR count). The number of nitrogens with one attached hydrogen (secondary N) is 4. The maximum Gasteiger partial charge on any atom is 0.376 e. The Balaban J connectivity index is 4.23. The van der Waals surface area contributed by atoms with Crippen LogP contribution in [0, 0.1) is 5.53 Å². The molecular formula is C5H10N6OS2. The predicted octanol–water partition coefficient (Wildman–Crippen LogP) is 0.648. The quantitative estimate of drug-likeness (QED) is 0.325. The van der Waals surface area contributed by atoms with Crippen molar-refractivity contribution in [3.05, 3.63) is 0 Å². The Morgan fingerprint density at radius 1 is 1.21 bits per heavy atom. The van der Waals surface area contributed by atoms with Gasteiger partial charge >= 0.3 is 6.03 Å². The molecule has 0 atom stereocenters. The Hall–Kier alpha value is -1.19. The molecule has 0 aliphatic rings. The van der Waals surface area contributed by atoms with Crippen LogP contribution in [0.2, 0.25) is 0 Å². The summed E-state index contributed by atoms with van der Waals surface area (Å²) in [5.74, 6) is 0. The van der Waals surface area contributed by atoms with Crippen LogP contribution in [0.1, 0.15) is 13.8 Å². The normalized spacial score (nSPS) is 9.07. The number of amides is 2. The van der Waals surface area contributed by atoms with E-state index in [1.54, 1.807) is 13.8 Å². The SMILES string of the molecule is CC(=S)NN(NC(=O)N=N)NC(C)=S. The van der Waals surface area contributed by atoms with Crippen LogP contribution in [0.5, 0.6) is 0 Å². The van der Waals surface area contributed by atoms with E-state index in [-0.39, 0.29) is 0 Å². The van der Waals surface area contributed by atoms with Gasteiger partial charge in [-0.2, -0.15) is 5.53 Å². The molecule has 9 heteroatoms. The number of hydrogen-bond acceptors (Lipinski definition) is 5. The molecule has 0 aromatic rings. The minimum Gasteiger partial charge on any atom is -0.277 e. The third kappa shape index (κ3) is 6.34. The van der Waals surface area contributed by atoms with Gasteiger partial charge in [-0.05, 0) is 19.1 Å². The van der Waals surface area contributed by atoms with E-state index < -0.39 is 6.03 Å². The number of urea groups is 1. The second-order valence-corrected chi connectivity index (χ2v) is 3.42. The van der Waals surface area contributed by atoms with E-state index in [2.05, 4.69) is 21.4 Å². The smallest absolute Gasteiger partial charge is 0.277 e. The average Bonchev–Trinajstić information content (AvgIpc) is 2.01. The van der Waals surface area contributed by atoms with E-state index in [0.717, 1.165) is 5.23 Å². The minimum atomic E-state index is -0.850. The van der Waals surface area contributed by atoms with E-state index in [4.69, 9.17) is 30.0 Å². The highest BCUT2D eigenvalue weighted by Gasteiger charge is 2.07. The van der Waals surface area contributed by atoms with Crippen molar-refractivity contribution in [2.75, 3.05) is 0 Å². The largest absolute Gasteiger partial charge is 0.376 e. The summed E-state index contributed by atoms with van der Waals surface area (Å²) >= 11 is 9.50. The molecule has 0 bridgehead atoms. The van der Waals surface area contributed by atoms with Crippen LogP contribution < -0.4 is 16.3 Å². The summed E-state index contributed by atoms with van der Waals surface area (Å²) in [6.45, 7) is 3.24. The zero-order valence-corrected chi connectivity index (χ0v) is 9.25. The summed E-state index contributed by atoms with van der Waals surface area (Å²) in [4.78, 5) is 11.5. The van der Waals surface area contributed by atoms with Crippen molar-refractivity contribution in [3.63, 3.8) is 0 Å². The first-order valence-corrected chi connectivity index (χ1v) is 4.30. The maximum absolute atomic E-state index is 10.7. The molecule has 0 heterocycles. The van der Waals surface area contributed by atoms with Crippen LogP contribution in [0.15, 0.2) is 5.11 Å². The Kier molecular flexibility index (Phi) is 5.76. The van der Waals surface area contributed by atoms with Gasteiger partial charge < -0.3 is 0 Å². The van der Waals surface area contributed by atoms with Gasteiger partial charge in [0.2, 0.25) is 0 Å². The zero-order valence-electron chi connectivity index (χ0n) is 7.62. The lowest BCUT2D eigenvalue weighted by molar-refractivity contribution is 0.129. The first-order chi connectivity index (χ1) is 6.45. The molecule has 4 N–H and O–H groups in total. The van der Waals surface area contributed by atoms with Crippen LogP contribution in [0.4, 0.5) is 4.79 Å². The highest BCUT2D eigenvalue weighted by molar-refractivity contribution is 7.80. The Labute approximate surface area is 91.6 Å². The fraction of sp³-hybridized carbons (Fsp3) is 0.400. The van der Waals surface area contributed by atoms with Crippen LogP contribution in [-0.4, -0.2) is 21.2 Å². The van der Waals surface area contributed by atoms with Gasteiger partial charge in [-0.3, -0.25) is 10.9 Å². The van der Waals surface area contributed by atoms with E-state index in [0.29, 0.717) is 9.98 Å².